The van der Waals surface area contributed by atoms with E-state index in [1.807, 2.05) is 6.07 Å². The number of aliphatic hydroxyl groups excluding tert-OH is 1. The van der Waals surface area contributed by atoms with E-state index in [2.05, 4.69) is 9.47 Å². The number of hydrogen-bond acceptors (Lipinski definition) is 6. The van der Waals surface area contributed by atoms with Gasteiger partial charge in [-0.1, -0.05) is 60.7 Å². The molecule has 0 aliphatic heterocycles. The molecule has 6 heteroatoms. The standard InChI is InChI=1S/C9H10O3.C9H8O3.H2/c2*1-12-9(11)8(10)7-5-3-2-4-6-7;/h2-6,8,10H,1H3;2-6H,1H3;1H/t8-;;/m1../s1. The number of esters is 2. The molecular weight excluding hydrogens is 312 g/mol. The van der Waals surface area contributed by atoms with Gasteiger partial charge in [-0.15, -0.1) is 0 Å². The van der Waals surface area contributed by atoms with E-state index < -0.39 is 23.8 Å². The fraction of sp³-hybridized carbons (Fsp3) is 0.167. The van der Waals surface area contributed by atoms with E-state index in [1.54, 1.807) is 54.6 Å². The lowest BCUT2D eigenvalue weighted by Gasteiger charge is -2.07. The van der Waals surface area contributed by atoms with Crippen molar-refractivity contribution < 1.29 is 30.4 Å². The summed E-state index contributed by atoms with van der Waals surface area (Å²) in [7, 11) is 2.43. The second-order valence-corrected chi connectivity index (χ2v) is 4.52. The fourth-order valence-electron chi connectivity index (χ4n) is 1.68. The number of ketones is 1. The number of aliphatic hydroxyl groups is 1. The zero-order valence-electron chi connectivity index (χ0n) is 13.3. The van der Waals surface area contributed by atoms with Crippen LogP contribution < -0.4 is 0 Å². The molecule has 0 aliphatic carbocycles. The van der Waals surface area contributed by atoms with Gasteiger partial charge in [-0.2, -0.15) is 0 Å². The molecule has 2 rings (SSSR count). The van der Waals surface area contributed by atoms with Crippen LogP contribution in [-0.2, 0) is 19.1 Å². The van der Waals surface area contributed by atoms with E-state index in [0.29, 0.717) is 11.1 Å². The third-order valence-electron chi connectivity index (χ3n) is 2.95. The van der Waals surface area contributed by atoms with Crippen LogP contribution in [0.4, 0.5) is 0 Å². The van der Waals surface area contributed by atoms with Gasteiger partial charge in [0, 0.05) is 6.99 Å². The summed E-state index contributed by atoms with van der Waals surface area (Å²) in [5, 5.41) is 9.31. The van der Waals surface area contributed by atoms with Crippen molar-refractivity contribution in [3.8, 4) is 0 Å². The average molecular weight is 332 g/mol. The number of hydrogen-bond donors (Lipinski definition) is 1. The molecule has 0 aliphatic rings. The summed E-state index contributed by atoms with van der Waals surface area (Å²) in [5.74, 6) is -2.08. The van der Waals surface area contributed by atoms with Crippen LogP contribution in [0.15, 0.2) is 60.7 Å². The number of Topliss-reactive ketones (excluding diaryl/α,β-unsaturated/α-hetero) is 1. The monoisotopic (exact) mass is 332 g/mol. The predicted molar refractivity (Wildman–Crippen MR) is 88.3 cm³/mol. The molecule has 0 amide bonds. The number of benzene rings is 2. The van der Waals surface area contributed by atoms with E-state index in [0.717, 1.165) is 0 Å². The molecule has 6 nitrogen and oxygen atoms in total. The Bertz CT molecular complexity index is 672. The van der Waals surface area contributed by atoms with Gasteiger partial charge in [0.25, 0.3) is 5.78 Å². The molecule has 0 unspecified atom stereocenters. The van der Waals surface area contributed by atoms with Crippen molar-refractivity contribution >= 4 is 17.7 Å². The molecule has 0 saturated heterocycles. The number of carbonyl (C=O) groups excluding carboxylic acids is 3. The van der Waals surface area contributed by atoms with E-state index in [1.165, 1.54) is 14.2 Å². The summed E-state index contributed by atoms with van der Waals surface area (Å²) in [6.07, 6.45) is -1.17. The van der Waals surface area contributed by atoms with Crippen LogP contribution in [-0.4, -0.2) is 37.0 Å². The molecule has 1 atom stereocenters. The van der Waals surface area contributed by atoms with Crippen molar-refractivity contribution in [3.63, 3.8) is 0 Å². The highest BCUT2D eigenvalue weighted by Gasteiger charge is 2.16. The van der Waals surface area contributed by atoms with Gasteiger partial charge in [0.15, 0.2) is 6.10 Å². The molecule has 1 N–H and O–H groups in total. The lowest BCUT2D eigenvalue weighted by molar-refractivity contribution is -0.150. The molecule has 2 aromatic carbocycles. The Morgan fingerprint density at radius 1 is 0.875 bits per heavy atom. The van der Waals surface area contributed by atoms with Crippen molar-refractivity contribution in [3.05, 3.63) is 71.8 Å². The third kappa shape index (κ3) is 5.66. The van der Waals surface area contributed by atoms with Crippen molar-refractivity contribution in [2.24, 2.45) is 0 Å². The zero-order chi connectivity index (χ0) is 17.9. The maximum atomic E-state index is 11.1. The highest BCUT2D eigenvalue weighted by atomic mass is 16.5. The largest absolute Gasteiger partial charge is 0.467 e. The third-order valence-corrected chi connectivity index (χ3v) is 2.95. The van der Waals surface area contributed by atoms with E-state index >= 15 is 0 Å². The summed E-state index contributed by atoms with van der Waals surface area (Å²) in [5.41, 5.74) is 0.897. The van der Waals surface area contributed by atoms with Crippen LogP contribution >= 0.6 is 0 Å². The van der Waals surface area contributed by atoms with Gasteiger partial charge >= 0.3 is 11.9 Å². The van der Waals surface area contributed by atoms with Crippen molar-refractivity contribution in [2.45, 2.75) is 6.10 Å². The fourth-order valence-corrected chi connectivity index (χ4v) is 1.68. The van der Waals surface area contributed by atoms with Crippen LogP contribution in [0.3, 0.4) is 0 Å². The van der Waals surface area contributed by atoms with Crippen LogP contribution in [0.25, 0.3) is 0 Å². The van der Waals surface area contributed by atoms with Gasteiger partial charge in [-0.05, 0) is 5.56 Å². The quantitative estimate of drug-likeness (QED) is 0.524. The number of rotatable bonds is 4. The molecule has 0 bridgehead atoms. The second kappa shape index (κ2) is 9.91. The smallest absolute Gasteiger partial charge is 0.379 e. The van der Waals surface area contributed by atoms with Crippen molar-refractivity contribution in [1.82, 2.24) is 0 Å². The first kappa shape index (κ1) is 19.1. The highest BCUT2D eigenvalue weighted by molar-refractivity contribution is 6.40. The van der Waals surface area contributed by atoms with Gasteiger partial charge in [0.2, 0.25) is 0 Å². The van der Waals surface area contributed by atoms with E-state index in [4.69, 9.17) is 0 Å². The van der Waals surface area contributed by atoms with Gasteiger partial charge < -0.3 is 14.6 Å². The maximum Gasteiger partial charge on any atom is 0.379 e. The molecule has 0 aromatic heterocycles. The van der Waals surface area contributed by atoms with Gasteiger partial charge in [0.1, 0.15) is 0 Å². The Hall–Kier alpha value is -2.99. The SMILES string of the molecule is COC(=O)C(=O)c1ccccc1.COC(=O)[C@H](O)c1ccccc1.[HH]. The Kier molecular flexibility index (Phi) is 7.87. The van der Waals surface area contributed by atoms with Crippen LogP contribution in [0, 0.1) is 0 Å². The zero-order valence-corrected chi connectivity index (χ0v) is 13.3. The van der Waals surface area contributed by atoms with Crippen molar-refractivity contribution in [1.29, 1.82) is 0 Å². The van der Waals surface area contributed by atoms with Crippen LogP contribution in [0.1, 0.15) is 23.5 Å². The molecule has 0 radical (unpaired) electrons. The highest BCUT2D eigenvalue weighted by Crippen LogP contribution is 2.12. The van der Waals surface area contributed by atoms with E-state index in [-0.39, 0.29) is 1.43 Å². The summed E-state index contributed by atoms with van der Waals surface area (Å²) in [6.45, 7) is 0. The van der Waals surface area contributed by atoms with Gasteiger partial charge in [0.05, 0.1) is 14.2 Å². The minimum Gasteiger partial charge on any atom is -0.467 e. The summed E-state index contributed by atoms with van der Waals surface area (Å²) >= 11 is 0. The molecule has 0 heterocycles. The first-order chi connectivity index (χ1) is 11.5. The van der Waals surface area contributed by atoms with Crippen LogP contribution in [0.2, 0.25) is 0 Å². The second-order valence-electron chi connectivity index (χ2n) is 4.52. The molecule has 2 aromatic rings. The predicted octanol–water partition coefficient (Wildman–Crippen LogP) is 2.18. The lowest BCUT2D eigenvalue weighted by atomic mass is 10.1. The number of carbonyl (C=O) groups is 3. The van der Waals surface area contributed by atoms with Crippen LogP contribution in [0.5, 0.6) is 0 Å². The van der Waals surface area contributed by atoms with Crippen molar-refractivity contribution in [2.75, 3.05) is 14.2 Å². The van der Waals surface area contributed by atoms with Gasteiger partial charge in [-0.25, -0.2) is 9.59 Å². The Labute approximate surface area is 141 Å². The normalized spacial score (nSPS) is 10.6. The summed E-state index contributed by atoms with van der Waals surface area (Å²) < 4.78 is 8.66. The molecule has 0 fully saturated rings. The maximum absolute atomic E-state index is 11.1. The minimum absolute atomic E-state index is 0. The number of ether oxygens (including phenoxy) is 2. The summed E-state index contributed by atoms with van der Waals surface area (Å²) in [6, 6.07) is 16.9. The average Bonchev–Trinajstić information content (AvgIpc) is 2.67. The lowest BCUT2D eigenvalue weighted by Crippen LogP contribution is -2.15. The summed E-state index contributed by atoms with van der Waals surface area (Å²) in [4.78, 5) is 32.7. The number of methoxy groups -OCH3 is 2. The molecular formula is C18H20O6. The first-order valence-corrected chi connectivity index (χ1v) is 6.99. The molecule has 128 valence electrons. The Morgan fingerprint density at radius 3 is 1.83 bits per heavy atom. The Morgan fingerprint density at radius 2 is 1.38 bits per heavy atom. The minimum atomic E-state index is -1.17. The molecule has 24 heavy (non-hydrogen) atoms. The van der Waals surface area contributed by atoms with E-state index in [9.17, 15) is 19.5 Å². The first-order valence-electron chi connectivity index (χ1n) is 6.99. The molecule has 0 saturated carbocycles. The molecule has 0 spiro atoms. The van der Waals surface area contributed by atoms with Gasteiger partial charge in [-0.3, -0.25) is 4.79 Å². The Balaban J connectivity index is 0.000000443. The topological polar surface area (TPSA) is 89.9 Å².